The Kier molecular flexibility index (Phi) is 12.7. The van der Waals surface area contributed by atoms with Gasteiger partial charge in [0, 0.05) is 0 Å². The Morgan fingerprint density at radius 2 is 0.977 bits per heavy atom. The van der Waals surface area contributed by atoms with E-state index in [1.54, 1.807) is 31.2 Å². The Morgan fingerprint density at radius 1 is 0.651 bits per heavy atom. The number of aliphatic hydroxyl groups is 2. The summed E-state index contributed by atoms with van der Waals surface area (Å²) >= 11 is 0. The van der Waals surface area contributed by atoms with Crippen LogP contribution in [0, 0.1) is 0 Å². The van der Waals surface area contributed by atoms with Gasteiger partial charge >= 0.3 is 6.16 Å². The second-order valence-electron chi connectivity index (χ2n) is 9.85. The molecule has 5 rings (SSSR count). The predicted octanol–water partition coefficient (Wildman–Crippen LogP) is 6.18. The average molecular weight is 591 g/mol. The summed E-state index contributed by atoms with van der Waals surface area (Å²) in [6.07, 6.45) is -1.02. The molecule has 3 unspecified atom stereocenters. The smallest absolute Gasteiger partial charge is 0.508 e. The number of benzene rings is 4. The standard InChI is InChI=1S/C18H22O4.C12H10O2.C4H6O3/c1-13(11-19)21-17-7-3-15(4-8-17)16-5-9-18(10-6-16)22-14(2)12-20;13-11-5-1-9(2-6-11)10-3-7-12(14)8-4-10;1-3-2-6-4(5)7-3/h3-10,13-14,19-20H,11-12H2,1-2H3;1-8,13-14H;3H,2H2,1H3. The fourth-order valence-electron chi connectivity index (χ4n) is 3.72. The summed E-state index contributed by atoms with van der Waals surface area (Å²) in [6, 6.07) is 29.4. The molecule has 228 valence electrons. The number of carbonyl (C=O) groups is 1. The third kappa shape index (κ3) is 11.2. The van der Waals surface area contributed by atoms with E-state index in [2.05, 4.69) is 9.47 Å². The lowest BCUT2D eigenvalue weighted by Gasteiger charge is -2.13. The normalized spacial score (nSPS) is 14.9. The highest BCUT2D eigenvalue weighted by molar-refractivity contribution is 5.65. The molecular formula is C34H38O9. The first-order valence-electron chi connectivity index (χ1n) is 13.8. The first-order chi connectivity index (χ1) is 20.7. The van der Waals surface area contributed by atoms with Crippen LogP contribution in [0.25, 0.3) is 22.3 Å². The average Bonchev–Trinajstić information content (AvgIpc) is 3.41. The molecule has 9 nitrogen and oxygen atoms in total. The van der Waals surface area contributed by atoms with Crippen LogP contribution in [0.5, 0.6) is 23.0 Å². The Balaban J connectivity index is 0.000000203. The Labute approximate surface area is 251 Å². The lowest BCUT2D eigenvalue weighted by Crippen LogP contribution is -2.16. The zero-order valence-electron chi connectivity index (χ0n) is 24.4. The Bertz CT molecular complexity index is 1270. The maximum atomic E-state index is 10.0. The zero-order chi connectivity index (χ0) is 31.2. The van der Waals surface area contributed by atoms with Gasteiger partial charge in [-0.15, -0.1) is 0 Å². The van der Waals surface area contributed by atoms with Crippen LogP contribution >= 0.6 is 0 Å². The summed E-state index contributed by atoms with van der Waals surface area (Å²) in [5, 5.41) is 36.2. The minimum atomic E-state index is -0.549. The number of hydrogen-bond donors (Lipinski definition) is 4. The van der Waals surface area contributed by atoms with E-state index >= 15 is 0 Å². The van der Waals surface area contributed by atoms with E-state index in [-0.39, 0.29) is 43.0 Å². The van der Waals surface area contributed by atoms with Crippen LogP contribution in [0.4, 0.5) is 4.79 Å². The van der Waals surface area contributed by atoms with E-state index in [0.717, 1.165) is 33.8 Å². The number of carbonyl (C=O) groups excluding carboxylic acids is 1. The minimum Gasteiger partial charge on any atom is -0.508 e. The number of hydrogen-bond acceptors (Lipinski definition) is 9. The number of aromatic hydroxyl groups is 2. The maximum Gasteiger partial charge on any atom is 0.508 e. The number of phenols is 2. The van der Waals surface area contributed by atoms with Gasteiger partial charge in [0.1, 0.15) is 47.9 Å². The Morgan fingerprint density at radius 3 is 1.21 bits per heavy atom. The van der Waals surface area contributed by atoms with Gasteiger partial charge in [0.05, 0.1) is 13.2 Å². The van der Waals surface area contributed by atoms with Crippen LogP contribution in [-0.4, -0.2) is 64.7 Å². The van der Waals surface area contributed by atoms with Gasteiger partial charge in [-0.2, -0.15) is 0 Å². The van der Waals surface area contributed by atoms with Gasteiger partial charge in [-0.3, -0.25) is 0 Å². The van der Waals surface area contributed by atoms with Gasteiger partial charge in [-0.25, -0.2) is 4.79 Å². The van der Waals surface area contributed by atoms with Crippen LogP contribution in [0.15, 0.2) is 97.1 Å². The lowest BCUT2D eigenvalue weighted by molar-refractivity contribution is 0.121. The topological polar surface area (TPSA) is 135 Å². The molecule has 1 aliphatic rings. The van der Waals surface area contributed by atoms with E-state index in [1.807, 2.05) is 86.6 Å². The van der Waals surface area contributed by atoms with E-state index in [0.29, 0.717) is 6.61 Å². The van der Waals surface area contributed by atoms with Crippen molar-refractivity contribution in [3.63, 3.8) is 0 Å². The van der Waals surface area contributed by atoms with Gasteiger partial charge < -0.3 is 39.4 Å². The van der Waals surface area contributed by atoms with E-state index < -0.39 is 6.16 Å². The van der Waals surface area contributed by atoms with Crippen LogP contribution in [0.1, 0.15) is 20.8 Å². The van der Waals surface area contributed by atoms with Crippen molar-refractivity contribution in [1.29, 1.82) is 0 Å². The van der Waals surface area contributed by atoms with Crippen LogP contribution < -0.4 is 9.47 Å². The van der Waals surface area contributed by atoms with Crippen molar-refractivity contribution in [3.8, 4) is 45.3 Å². The Hall–Kier alpha value is -4.73. The van der Waals surface area contributed by atoms with Gasteiger partial charge in [-0.05, 0) is 91.6 Å². The molecule has 9 heteroatoms. The number of rotatable bonds is 8. The van der Waals surface area contributed by atoms with Crippen molar-refractivity contribution in [2.24, 2.45) is 0 Å². The largest absolute Gasteiger partial charge is 0.508 e. The second-order valence-corrected chi connectivity index (χ2v) is 9.85. The molecule has 0 aliphatic carbocycles. The molecule has 4 N–H and O–H groups in total. The van der Waals surface area contributed by atoms with Crippen molar-refractivity contribution in [3.05, 3.63) is 97.1 Å². The molecule has 0 saturated carbocycles. The monoisotopic (exact) mass is 590 g/mol. The van der Waals surface area contributed by atoms with Crippen molar-refractivity contribution in [2.75, 3.05) is 19.8 Å². The fourth-order valence-corrected chi connectivity index (χ4v) is 3.72. The fraction of sp³-hybridized carbons (Fsp3) is 0.265. The van der Waals surface area contributed by atoms with Crippen LogP contribution in [0.3, 0.4) is 0 Å². The molecule has 0 bridgehead atoms. The first-order valence-corrected chi connectivity index (χ1v) is 13.8. The molecular weight excluding hydrogens is 552 g/mol. The summed E-state index contributed by atoms with van der Waals surface area (Å²) in [5.41, 5.74) is 4.18. The maximum absolute atomic E-state index is 10.0. The second kappa shape index (κ2) is 16.6. The van der Waals surface area contributed by atoms with E-state index in [9.17, 15) is 4.79 Å². The predicted molar refractivity (Wildman–Crippen MR) is 163 cm³/mol. The molecule has 1 fully saturated rings. The third-order valence-electron chi connectivity index (χ3n) is 6.03. The summed E-state index contributed by atoms with van der Waals surface area (Å²) in [7, 11) is 0. The molecule has 1 heterocycles. The highest BCUT2D eigenvalue weighted by Crippen LogP contribution is 2.26. The molecule has 0 aromatic heterocycles. The van der Waals surface area contributed by atoms with Gasteiger partial charge in [0.2, 0.25) is 0 Å². The van der Waals surface area contributed by atoms with Gasteiger partial charge in [0.25, 0.3) is 0 Å². The number of phenolic OH excluding ortho intramolecular Hbond substituents is 2. The highest BCUT2D eigenvalue weighted by Gasteiger charge is 2.19. The summed E-state index contributed by atoms with van der Waals surface area (Å²) in [4.78, 5) is 10.0. The molecule has 3 atom stereocenters. The molecule has 1 saturated heterocycles. The first kappa shape index (κ1) is 32.8. The van der Waals surface area contributed by atoms with Crippen molar-refractivity contribution < 1.29 is 44.2 Å². The number of aliphatic hydroxyl groups excluding tert-OH is 2. The highest BCUT2D eigenvalue weighted by atomic mass is 16.8. The number of ether oxygens (including phenoxy) is 4. The quantitative estimate of drug-likeness (QED) is 0.177. The van der Waals surface area contributed by atoms with Crippen LogP contribution in [-0.2, 0) is 9.47 Å². The van der Waals surface area contributed by atoms with E-state index in [4.69, 9.17) is 29.9 Å². The molecule has 0 radical (unpaired) electrons. The molecule has 4 aromatic carbocycles. The minimum absolute atomic E-state index is 0.00449. The summed E-state index contributed by atoms with van der Waals surface area (Å²) in [6.45, 7) is 5.81. The van der Waals surface area contributed by atoms with Gasteiger partial charge in [-0.1, -0.05) is 48.5 Å². The molecule has 4 aromatic rings. The molecule has 43 heavy (non-hydrogen) atoms. The van der Waals surface area contributed by atoms with Crippen molar-refractivity contribution >= 4 is 6.16 Å². The lowest BCUT2D eigenvalue weighted by atomic mass is 10.1. The molecule has 0 spiro atoms. The zero-order valence-corrected chi connectivity index (χ0v) is 24.4. The van der Waals surface area contributed by atoms with Gasteiger partial charge in [0.15, 0.2) is 0 Å². The van der Waals surface area contributed by atoms with Crippen LogP contribution in [0.2, 0.25) is 0 Å². The van der Waals surface area contributed by atoms with Crippen molar-refractivity contribution in [1.82, 2.24) is 0 Å². The third-order valence-corrected chi connectivity index (χ3v) is 6.03. The molecule has 0 amide bonds. The SMILES string of the molecule is CC(CO)Oc1ccc(-c2ccc(OC(C)CO)cc2)cc1.CC1COC(=O)O1.Oc1ccc(-c2ccc(O)cc2)cc1. The number of cyclic esters (lactones) is 2. The molecule has 1 aliphatic heterocycles. The van der Waals surface area contributed by atoms with E-state index in [1.165, 1.54) is 0 Å². The summed E-state index contributed by atoms with van der Waals surface area (Å²) in [5.74, 6) is 1.99. The summed E-state index contributed by atoms with van der Waals surface area (Å²) < 4.78 is 20.0. The van der Waals surface area contributed by atoms with Crippen molar-refractivity contribution in [2.45, 2.75) is 39.1 Å².